The van der Waals surface area contributed by atoms with Gasteiger partial charge in [0.2, 0.25) is 23.7 Å². The number of carbonyl (C=O) groups is 5. The normalized spacial score (nSPS) is 15.3. The molecule has 3 aromatic heterocycles. The molecule has 1 atom stereocenters. The molecule has 0 saturated heterocycles. The number of allylic oxidation sites excluding steroid dienone is 4. The second-order valence-corrected chi connectivity index (χ2v) is 34.0. The second kappa shape index (κ2) is 37.7. The van der Waals surface area contributed by atoms with E-state index in [1.165, 1.54) is 26.0 Å². The molecule has 19 heteroatoms. The van der Waals surface area contributed by atoms with Crippen molar-refractivity contribution in [2.45, 2.75) is 258 Å². The first-order valence-electron chi connectivity index (χ1n) is 31.4. The van der Waals surface area contributed by atoms with Gasteiger partial charge in [-0.1, -0.05) is 79.5 Å². The third-order valence-electron chi connectivity index (χ3n) is 13.4. The molecule has 5 heterocycles. The average Bonchev–Trinajstić information content (AvgIpc) is 1.94. The molecule has 524 valence electrons. The highest BCUT2D eigenvalue weighted by Gasteiger charge is 2.31. The lowest BCUT2D eigenvalue weighted by Crippen LogP contribution is -2.46. The van der Waals surface area contributed by atoms with Gasteiger partial charge in [-0.05, 0) is 214 Å². The maximum absolute atomic E-state index is 12.5. The Labute approximate surface area is 561 Å². The number of nitrogens with one attached hydrogen (secondary N) is 1. The lowest BCUT2D eigenvalue weighted by Gasteiger charge is -2.36. The molecule has 0 aromatic carbocycles. The Morgan fingerprint density at radius 3 is 1.38 bits per heavy atom. The van der Waals surface area contributed by atoms with Gasteiger partial charge in [-0.3, -0.25) is 28.7 Å². The van der Waals surface area contributed by atoms with Crippen LogP contribution in [0.2, 0.25) is 0 Å². The van der Waals surface area contributed by atoms with Gasteiger partial charge in [0.15, 0.2) is 27.2 Å². The van der Waals surface area contributed by atoms with Gasteiger partial charge in [-0.25, -0.2) is 22.8 Å². The largest absolute Gasteiger partial charge is 0.348 e. The smallest absolute Gasteiger partial charge is 0.249 e. The van der Waals surface area contributed by atoms with E-state index in [1.54, 1.807) is 68.3 Å². The van der Waals surface area contributed by atoms with Crippen molar-refractivity contribution in [2.75, 3.05) is 13.1 Å². The molecular formula is C74H121F2N9O7S. The topological polar surface area (TPSA) is 191 Å². The Balaban J connectivity index is -0.000000982. The molecule has 3 aliphatic rings. The molecule has 0 fully saturated rings. The molecule has 93 heavy (non-hydrogen) atoms. The van der Waals surface area contributed by atoms with Crippen LogP contribution in [0.1, 0.15) is 232 Å². The van der Waals surface area contributed by atoms with Crippen LogP contribution in [0.4, 0.5) is 8.78 Å². The third kappa shape index (κ3) is 36.3. The fraction of sp³-hybridized carbons (Fsp3) is 0.595. The minimum atomic E-state index is -3.07. The van der Waals surface area contributed by atoms with Crippen molar-refractivity contribution in [2.24, 2.45) is 16.7 Å². The monoisotopic (exact) mass is 1320 g/mol. The lowest BCUT2D eigenvalue weighted by molar-refractivity contribution is -0.131. The number of ketones is 2. The van der Waals surface area contributed by atoms with Crippen LogP contribution in [0.3, 0.4) is 0 Å². The van der Waals surface area contributed by atoms with Gasteiger partial charge in [-0.15, -0.1) is 11.5 Å². The summed E-state index contributed by atoms with van der Waals surface area (Å²) in [5, 5.41) is 7.29. The van der Waals surface area contributed by atoms with Crippen molar-refractivity contribution in [3.05, 3.63) is 134 Å². The van der Waals surface area contributed by atoms with E-state index in [0.29, 0.717) is 11.6 Å². The number of aromatic nitrogens is 6. The summed E-state index contributed by atoms with van der Waals surface area (Å²) in [6, 6.07) is 1.35. The van der Waals surface area contributed by atoms with Crippen LogP contribution in [0.15, 0.2) is 116 Å². The standard InChI is InChI=1S/C10H16O.C9H16FNO.C9H14N2.C9H12N2.C9H15NO.C8H13NO.C7H11FN2.C7H12O.C6H12O2S/c1-10(2,3)8-6-4-5-7-9(8)11;1-6(7(2)10)8(12)11-9(3,4)5;2*1-5-8-10-6-7-11(8)9(2,3)4;1-9(2,3)10-7-5-4-6-8(10)11;1-8(2,3)9-6-4-5-7(9)10;1-7(2,3)10-5-4-6(8)9-10;1-5-6(8)7(2,3)4;1-5-9(7,8)6(2,3)4/h5,7-8H,4,6H2,1-3H3;1-5H3,(H,11,12);5-7H,1H2,2-4H3;1,6-7H,2-4H3;4,6H,5,7H2,1-3H3;4-5H,6H2,1-3H3;4-5H,1-3H3;5H,1H2,2-4H3;5H,1H2,2-4H3/b;7-6-;;;;;;;. The molecule has 3 amide bonds. The number of hydrogen-bond donors (Lipinski definition) is 1. The zero-order valence-electron chi connectivity index (χ0n) is 62.6. The number of sulfone groups is 1. The zero-order chi connectivity index (χ0) is 73.9. The summed E-state index contributed by atoms with van der Waals surface area (Å²) in [5.74, 6) is 3.88. The Morgan fingerprint density at radius 1 is 0.656 bits per heavy atom. The van der Waals surface area contributed by atoms with E-state index < -0.39 is 26.4 Å². The van der Waals surface area contributed by atoms with Crippen LogP contribution >= 0.6 is 0 Å². The highest BCUT2D eigenvalue weighted by atomic mass is 32.2. The van der Waals surface area contributed by atoms with E-state index in [9.17, 15) is 41.2 Å². The molecule has 1 aliphatic carbocycles. The fourth-order valence-corrected chi connectivity index (χ4v) is 8.18. The Kier molecular flexibility index (Phi) is 36.6. The first kappa shape index (κ1) is 90.1. The lowest BCUT2D eigenvalue weighted by atomic mass is 9.74. The Bertz CT molecular complexity index is 3120. The van der Waals surface area contributed by atoms with Crippen molar-refractivity contribution in [3.63, 3.8) is 0 Å². The van der Waals surface area contributed by atoms with Gasteiger partial charge in [-0.2, -0.15) is 4.39 Å². The SMILES string of the molecule is C#Cc1nccn1C(C)(C)C.C/C(F)=C(\C)C(=O)NC(C)(C)C.C=CC(=O)C(C)(C)C.C=CS(=O)(=O)C(C)(C)C.C=Cc1nccn1C(C)(C)C.CC(C)(C)C1CCC=CC1=O.CC(C)(C)N1CC=CC1=O.CC(C)(C)N1CCC=CC1=O.CC(C)(C)n1ccc(F)n1. The van der Waals surface area contributed by atoms with Crippen LogP contribution in [0.5, 0.6) is 0 Å². The fourth-order valence-electron chi connectivity index (χ4n) is 7.68. The van der Waals surface area contributed by atoms with Crippen LogP contribution in [-0.4, -0.2) is 111 Å². The molecule has 1 N–H and O–H groups in total. The number of rotatable bonds is 4. The van der Waals surface area contributed by atoms with Gasteiger partial charge in [0.05, 0.1) is 10.3 Å². The van der Waals surface area contributed by atoms with E-state index in [4.69, 9.17) is 6.42 Å². The summed E-state index contributed by atoms with van der Waals surface area (Å²) < 4.78 is 51.6. The first-order chi connectivity index (χ1) is 41.7. The predicted octanol–water partition coefficient (Wildman–Crippen LogP) is 16.3. The van der Waals surface area contributed by atoms with Crippen molar-refractivity contribution >= 4 is 45.2 Å². The second-order valence-electron chi connectivity index (χ2n) is 31.4. The molecule has 0 bridgehead atoms. The van der Waals surface area contributed by atoms with E-state index in [0.717, 1.165) is 43.6 Å². The summed E-state index contributed by atoms with van der Waals surface area (Å²) in [6.45, 7) is 68.1. The molecule has 0 spiro atoms. The molecular weight excluding hydrogens is 1200 g/mol. The highest BCUT2D eigenvalue weighted by molar-refractivity contribution is 7.95. The zero-order valence-corrected chi connectivity index (χ0v) is 63.4. The maximum Gasteiger partial charge on any atom is 0.249 e. The van der Waals surface area contributed by atoms with Crippen LogP contribution in [0, 0.1) is 35.0 Å². The van der Waals surface area contributed by atoms with Gasteiger partial charge in [0.25, 0.3) is 0 Å². The van der Waals surface area contributed by atoms with Crippen molar-refractivity contribution < 1.29 is 41.2 Å². The van der Waals surface area contributed by atoms with Gasteiger partial charge in [0.1, 0.15) is 11.7 Å². The van der Waals surface area contributed by atoms with Crippen LogP contribution in [-0.2, 0) is 50.4 Å². The number of hydrogen-bond acceptors (Lipinski definition) is 10. The highest BCUT2D eigenvalue weighted by Crippen LogP contribution is 2.33. The molecule has 6 rings (SSSR count). The van der Waals surface area contributed by atoms with Crippen LogP contribution < -0.4 is 5.32 Å². The third-order valence-corrected chi connectivity index (χ3v) is 15.6. The molecule has 0 radical (unpaired) electrons. The van der Waals surface area contributed by atoms with Crippen LogP contribution in [0.25, 0.3) is 6.08 Å². The average molecular weight is 1320 g/mol. The Hall–Kier alpha value is -7.07. The Morgan fingerprint density at radius 2 is 1.13 bits per heavy atom. The molecule has 2 aliphatic heterocycles. The van der Waals surface area contributed by atoms with Crippen molar-refractivity contribution in [3.8, 4) is 12.3 Å². The summed E-state index contributed by atoms with van der Waals surface area (Å²) in [7, 11) is -3.07. The predicted molar refractivity (Wildman–Crippen MR) is 383 cm³/mol. The van der Waals surface area contributed by atoms with Crippen molar-refractivity contribution in [1.82, 2.24) is 44.0 Å². The molecule has 3 aromatic rings. The number of amides is 3. The number of carbonyl (C=O) groups excluding carboxylic acids is 5. The molecule has 16 nitrogen and oxygen atoms in total. The van der Waals surface area contributed by atoms with Gasteiger partial charge < -0.3 is 24.3 Å². The summed E-state index contributed by atoms with van der Waals surface area (Å²) in [5.41, 5.74) is -0.326. The van der Waals surface area contributed by atoms with E-state index >= 15 is 0 Å². The van der Waals surface area contributed by atoms with Gasteiger partial charge in [0, 0.05) is 106 Å². The van der Waals surface area contributed by atoms with Crippen molar-refractivity contribution in [1.29, 1.82) is 0 Å². The van der Waals surface area contributed by atoms with E-state index in [2.05, 4.69) is 134 Å². The minimum Gasteiger partial charge on any atom is -0.348 e. The quantitative estimate of drug-likeness (QED) is 0.194. The first-order valence-corrected chi connectivity index (χ1v) is 33.0. The summed E-state index contributed by atoms with van der Waals surface area (Å²) in [4.78, 5) is 67.5. The number of halogens is 2. The van der Waals surface area contributed by atoms with E-state index in [-0.39, 0.29) is 79.1 Å². The maximum atomic E-state index is 12.5. The van der Waals surface area contributed by atoms with Gasteiger partial charge >= 0.3 is 0 Å². The number of terminal acetylenes is 1. The molecule has 1 unspecified atom stereocenters. The number of nitrogens with zero attached hydrogens (tertiary/aromatic N) is 8. The van der Waals surface area contributed by atoms with E-state index in [1.807, 2.05) is 128 Å². The number of imidazole rings is 2. The summed E-state index contributed by atoms with van der Waals surface area (Å²) >= 11 is 0. The molecule has 0 saturated carbocycles. The summed E-state index contributed by atoms with van der Waals surface area (Å²) in [6.07, 6.45) is 31.3. The minimum absolute atomic E-state index is 0.0259.